The topological polar surface area (TPSA) is 104 Å². The number of thiophene rings is 1. The van der Waals surface area contributed by atoms with Crippen molar-refractivity contribution in [1.29, 1.82) is 0 Å². The second kappa shape index (κ2) is 5.84. The van der Waals surface area contributed by atoms with Crippen molar-refractivity contribution in [2.45, 2.75) is 17.7 Å². The van der Waals surface area contributed by atoms with E-state index in [0.717, 1.165) is 0 Å². The smallest absolute Gasteiger partial charge is 0.346 e. The Morgan fingerprint density at radius 2 is 2.05 bits per heavy atom. The number of nitrogens with one attached hydrogen (secondary N) is 1. The molecule has 6 nitrogen and oxygen atoms in total. The highest BCUT2D eigenvalue weighted by Gasteiger charge is 2.21. The number of rotatable bonds is 5. The summed E-state index contributed by atoms with van der Waals surface area (Å²) in [6.45, 7) is 1.35. The van der Waals surface area contributed by atoms with Crippen molar-refractivity contribution in [3.8, 4) is 0 Å². The van der Waals surface area contributed by atoms with E-state index in [1.807, 2.05) is 0 Å². The fourth-order valence-corrected chi connectivity index (χ4v) is 4.16. The summed E-state index contributed by atoms with van der Waals surface area (Å²) in [5.74, 6) is -1.15. The highest BCUT2D eigenvalue weighted by molar-refractivity contribution is 7.94. The van der Waals surface area contributed by atoms with Gasteiger partial charge < -0.3 is 10.2 Å². The lowest BCUT2D eigenvalue weighted by Gasteiger charge is -2.07. The van der Waals surface area contributed by atoms with Crippen molar-refractivity contribution in [2.75, 3.05) is 4.72 Å². The molecule has 0 spiro atoms. The minimum atomic E-state index is -3.85. The van der Waals surface area contributed by atoms with Crippen LogP contribution in [0, 0.1) is 6.92 Å². The van der Waals surface area contributed by atoms with E-state index in [1.54, 1.807) is 25.1 Å². The van der Waals surface area contributed by atoms with Crippen LogP contribution in [0.2, 0.25) is 0 Å². The molecule has 112 valence electrons. The Morgan fingerprint density at radius 3 is 2.62 bits per heavy atom. The zero-order chi connectivity index (χ0) is 15.6. The number of aryl methyl sites for hydroxylation is 1. The van der Waals surface area contributed by atoms with E-state index in [4.69, 9.17) is 10.2 Å². The molecule has 0 aliphatic carbocycles. The Kier molecular flexibility index (Phi) is 4.31. The minimum Gasteiger partial charge on any atom is -0.477 e. The highest BCUT2D eigenvalue weighted by Crippen LogP contribution is 2.27. The first-order valence-corrected chi connectivity index (χ1v) is 8.20. The summed E-state index contributed by atoms with van der Waals surface area (Å²) in [4.78, 5) is 11.0. The van der Waals surface area contributed by atoms with E-state index >= 15 is 0 Å². The van der Waals surface area contributed by atoms with Gasteiger partial charge in [0.15, 0.2) is 0 Å². The number of carboxylic acid groups (broad SMARTS) is 1. The maximum absolute atomic E-state index is 12.2. The Labute approximate surface area is 125 Å². The summed E-state index contributed by atoms with van der Waals surface area (Å²) in [5.41, 5.74) is 1.28. The SMILES string of the molecule is Cc1cc(S(=O)(=O)Nc2cccc(CO)c2)sc1C(=O)O. The molecule has 0 unspecified atom stereocenters. The van der Waals surface area contributed by atoms with Gasteiger partial charge >= 0.3 is 5.97 Å². The zero-order valence-electron chi connectivity index (χ0n) is 11.0. The molecular formula is C13H13NO5S2. The molecular weight excluding hydrogens is 314 g/mol. The molecule has 2 aromatic rings. The van der Waals surface area contributed by atoms with Gasteiger partial charge in [-0.05, 0) is 36.2 Å². The molecule has 1 aromatic heterocycles. The highest BCUT2D eigenvalue weighted by atomic mass is 32.2. The van der Waals surface area contributed by atoms with Crippen LogP contribution in [0.1, 0.15) is 20.8 Å². The van der Waals surface area contributed by atoms with Crippen LogP contribution in [0.25, 0.3) is 0 Å². The van der Waals surface area contributed by atoms with Gasteiger partial charge in [0, 0.05) is 5.69 Å². The standard InChI is InChI=1S/C13H13NO5S2/c1-8-5-11(20-12(8)13(16)17)21(18,19)14-10-4-2-3-9(6-10)7-15/h2-6,14-15H,7H2,1H3,(H,16,17). The molecule has 0 radical (unpaired) electrons. The third-order valence-corrected chi connectivity index (χ3v) is 5.80. The number of sulfonamides is 1. The van der Waals surface area contributed by atoms with Crippen molar-refractivity contribution in [1.82, 2.24) is 0 Å². The maximum atomic E-state index is 12.2. The van der Waals surface area contributed by atoms with Crippen molar-refractivity contribution < 1.29 is 23.4 Å². The summed E-state index contributed by atoms with van der Waals surface area (Å²) >= 11 is 0.704. The molecule has 2 rings (SSSR count). The number of hydrogen-bond acceptors (Lipinski definition) is 5. The number of hydrogen-bond donors (Lipinski definition) is 3. The van der Waals surface area contributed by atoms with E-state index in [2.05, 4.69) is 4.72 Å². The van der Waals surface area contributed by atoms with Gasteiger partial charge in [-0.15, -0.1) is 11.3 Å². The molecule has 0 aliphatic heterocycles. The quantitative estimate of drug-likeness (QED) is 0.780. The van der Waals surface area contributed by atoms with Crippen molar-refractivity contribution >= 4 is 33.0 Å². The average Bonchev–Trinajstić information content (AvgIpc) is 2.81. The lowest BCUT2D eigenvalue weighted by Crippen LogP contribution is -2.11. The van der Waals surface area contributed by atoms with Crippen LogP contribution in [0.5, 0.6) is 0 Å². The monoisotopic (exact) mass is 327 g/mol. The number of carboxylic acids is 1. The number of benzene rings is 1. The van der Waals surface area contributed by atoms with Crippen LogP contribution in [-0.2, 0) is 16.6 Å². The van der Waals surface area contributed by atoms with Crippen LogP contribution < -0.4 is 4.72 Å². The molecule has 8 heteroatoms. The first-order valence-electron chi connectivity index (χ1n) is 5.90. The van der Waals surface area contributed by atoms with Crippen LogP contribution >= 0.6 is 11.3 Å². The fourth-order valence-electron chi connectivity index (χ4n) is 1.74. The van der Waals surface area contributed by atoms with Gasteiger partial charge in [0.2, 0.25) is 0 Å². The Bertz CT molecular complexity index is 780. The first kappa shape index (κ1) is 15.5. The second-order valence-electron chi connectivity index (χ2n) is 4.35. The Morgan fingerprint density at radius 1 is 1.33 bits per heavy atom. The predicted molar refractivity (Wildman–Crippen MR) is 79.2 cm³/mol. The summed E-state index contributed by atoms with van der Waals surface area (Å²) in [6.07, 6.45) is 0. The van der Waals surface area contributed by atoms with Gasteiger partial charge in [0.1, 0.15) is 9.09 Å². The van der Waals surface area contributed by atoms with Crippen molar-refractivity contribution in [3.05, 3.63) is 46.3 Å². The predicted octanol–water partition coefficient (Wildman–Crippen LogP) is 2.05. The maximum Gasteiger partial charge on any atom is 0.346 e. The summed E-state index contributed by atoms with van der Waals surface area (Å²) in [5, 5.41) is 18.0. The van der Waals surface area contributed by atoms with Crippen LogP contribution in [0.3, 0.4) is 0 Å². The molecule has 0 bridgehead atoms. The summed E-state index contributed by atoms with van der Waals surface area (Å²) in [7, 11) is -3.85. The van der Waals surface area contributed by atoms with Crippen LogP contribution in [0.15, 0.2) is 34.5 Å². The Balaban J connectivity index is 2.34. The number of aromatic carboxylic acids is 1. The summed E-state index contributed by atoms with van der Waals surface area (Å²) < 4.78 is 26.8. The minimum absolute atomic E-state index is 0.000478. The molecule has 0 fully saturated rings. The van der Waals surface area contributed by atoms with E-state index in [0.29, 0.717) is 28.2 Å². The zero-order valence-corrected chi connectivity index (χ0v) is 12.7. The van der Waals surface area contributed by atoms with Gasteiger partial charge in [0.05, 0.1) is 6.61 Å². The fraction of sp³-hybridized carbons (Fsp3) is 0.154. The van der Waals surface area contributed by atoms with E-state index in [1.165, 1.54) is 12.1 Å². The van der Waals surface area contributed by atoms with Gasteiger partial charge in [0.25, 0.3) is 10.0 Å². The normalized spacial score (nSPS) is 11.3. The average molecular weight is 327 g/mol. The molecule has 1 heterocycles. The van der Waals surface area contributed by atoms with Gasteiger partial charge in [-0.3, -0.25) is 4.72 Å². The lowest BCUT2D eigenvalue weighted by atomic mass is 10.2. The number of carbonyl (C=O) groups is 1. The number of anilines is 1. The number of aliphatic hydroxyl groups is 1. The van der Waals surface area contributed by atoms with Crippen LogP contribution in [0.4, 0.5) is 5.69 Å². The third-order valence-electron chi connectivity index (χ3n) is 2.72. The van der Waals surface area contributed by atoms with E-state index < -0.39 is 16.0 Å². The molecule has 0 atom stereocenters. The molecule has 21 heavy (non-hydrogen) atoms. The number of aliphatic hydroxyl groups excluding tert-OH is 1. The summed E-state index contributed by atoms with van der Waals surface area (Å²) in [6, 6.07) is 7.67. The third kappa shape index (κ3) is 3.41. The van der Waals surface area contributed by atoms with Gasteiger partial charge in [-0.25, -0.2) is 13.2 Å². The largest absolute Gasteiger partial charge is 0.477 e. The molecule has 1 aromatic carbocycles. The molecule has 0 saturated heterocycles. The van der Waals surface area contributed by atoms with E-state index in [9.17, 15) is 13.2 Å². The van der Waals surface area contributed by atoms with E-state index in [-0.39, 0.29) is 15.7 Å². The second-order valence-corrected chi connectivity index (χ2v) is 7.31. The van der Waals surface area contributed by atoms with Gasteiger partial charge in [-0.1, -0.05) is 12.1 Å². The molecule has 0 aliphatic rings. The van der Waals surface area contributed by atoms with Crippen molar-refractivity contribution in [2.24, 2.45) is 0 Å². The molecule has 0 saturated carbocycles. The first-order chi connectivity index (χ1) is 9.83. The van der Waals surface area contributed by atoms with Crippen LogP contribution in [-0.4, -0.2) is 24.6 Å². The Hall–Kier alpha value is -1.90. The lowest BCUT2D eigenvalue weighted by molar-refractivity contribution is 0.0701. The molecule has 3 N–H and O–H groups in total. The van der Waals surface area contributed by atoms with Gasteiger partial charge in [-0.2, -0.15) is 0 Å². The molecule has 0 amide bonds. The van der Waals surface area contributed by atoms with Crippen molar-refractivity contribution in [3.63, 3.8) is 0 Å².